The maximum atomic E-state index is 14.0. The second-order valence-electron chi connectivity index (χ2n) is 4.70. The van der Waals surface area contributed by atoms with Crippen LogP contribution in [0.3, 0.4) is 0 Å². The normalized spacial score (nSPS) is 12.4. The summed E-state index contributed by atoms with van der Waals surface area (Å²) < 4.78 is 28.1. The minimum Gasteiger partial charge on any atom is -0.310 e. The molecule has 0 bridgehead atoms. The Kier molecular flexibility index (Phi) is 5.73. The van der Waals surface area contributed by atoms with Crippen molar-refractivity contribution >= 4 is 27.5 Å². The summed E-state index contributed by atoms with van der Waals surface area (Å²) in [6.07, 6.45) is 0.404. The molecule has 2 aromatic rings. The Labute approximate surface area is 136 Å². The quantitative estimate of drug-likeness (QED) is 0.751. The fourth-order valence-electron chi connectivity index (χ4n) is 2.21. The molecule has 112 valence electrons. The molecule has 0 amide bonds. The van der Waals surface area contributed by atoms with Crippen LogP contribution in [0.4, 0.5) is 8.78 Å². The van der Waals surface area contributed by atoms with E-state index < -0.39 is 5.82 Å². The third-order valence-electron chi connectivity index (χ3n) is 3.25. The lowest BCUT2D eigenvalue weighted by atomic mass is 9.98. The van der Waals surface area contributed by atoms with Gasteiger partial charge in [0, 0.05) is 6.04 Å². The maximum Gasteiger partial charge on any atom is 0.145 e. The highest BCUT2D eigenvalue weighted by molar-refractivity contribution is 9.10. The van der Waals surface area contributed by atoms with Crippen molar-refractivity contribution in [1.29, 1.82) is 0 Å². The van der Waals surface area contributed by atoms with Crippen molar-refractivity contribution in [1.82, 2.24) is 5.32 Å². The van der Waals surface area contributed by atoms with Crippen molar-refractivity contribution in [3.05, 3.63) is 68.7 Å². The van der Waals surface area contributed by atoms with Gasteiger partial charge in [-0.1, -0.05) is 36.7 Å². The zero-order valence-electron chi connectivity index (χ0n) is 11.5. The summed E-state index contributed by atoms with van der Waals surface area (Å²) in [5.74, 6) is -0.748. The molecule has 21 heavy (non-hydrogen) atoms. The van der Waals surface area contributed by atoms with Gasteiger partial charge in [0.1, 0.15) is 11.6 Å². The van der Waals surface area contributed by atoms with Crippen molar-refractivity contribution in [3.63, 3.8) is 0 Å². The number of rotatable bonds is 5. The van der Waals surface area contributed by atoms with Crippen LogP contribution in [0.2, 0.25) is 5.02 Å². The molecule has 0 saturated heterocycles. The number of hydrogen-bond donors (Lipinski definition) is 1. The monoisotopic (exact) mass is 373 g/mol. The van der Waals surface area contributed by atoms with Gasteiger partial charge in [0.25, 0.3) is 0 Å². The molecule has 2 aromatic carbocycles. The highest BCUT2D eigenvalue weighted by Crippen LogP contribution is 2.26. The third kappa shape index (κ3) is 4.02. The maximum absolute atomic E-state index is 14.0. The lowest BCUT2D eigenvalue weighted by molar-refractivity contribution is 0.523. The second-order valence-corrected chi connectivity index (χ2v) is 5.96. The molecule has 0 aromatic heterocycles. The summed E-state index contributed by atoms with van der Waals surface area (Å²) in [6.45, 7) is 2.65. The topological polar surface area (TPSA) is 12.0 Å². The number of likely N-dealkylation sites (N-methyl/N-ethyl adjacent to an activating group) is 1. The van der Waals surface area contributed by atoms with E-state index in [0.29, 0.717) is 23.0 Å². The average molecular weight is 375 g/mol. The summed E-state index contributed by atoms with van der Waals surface area (Å²) in [7, 11) is 0. The van der Waals surface area contributed by atoms with Crippen molar-refractivity contribution in [2.75, 3.05) is 6.54 Å². The zero-order valence-corrected chi connectivity index (χ0v) is 13.8. The smallest absolute Gasteiger partial charge is 0.145 e. The molecule has 2 rings (SSSR count). The second kappa shape index (κ2) is 7.34. The van der Waals surface area contributed by atoms with Gasteiger partial charge in [-0.25, -0.2) is 8.78 Å². The van der Waals surface area contributed by atoms with Gasteiger partial charge in [-0.2, -0.15) is 0 Å². The third-order valence-corrected chi connectivity index (χ3v) is 4.19. The predicted molar refractivity (Wildman–Crippen MR) is 85.6 cm³/mol. The van der Waals surface area contributed by atoms with Crippen LogP contribution in [-0.2, 0) is 6.42 Å². The summed E-state index contributed by atoms with van der Waals surface area (Å²) in [4.78, 5) is 0. The van der Waals surface area contributed by atoms with Crippen LogP contribution in [0.15, 0.2) is 40.9 Å². The van der Waals surface area contributed by atoms with Crippen LogP contribution >= 0.6 is 27.5 Å². The molecule has 0 aliphatic rings. The van der Waals surface area contributed by atoms with Gasteiger partial charge in [0.05, 0.1) is 9.50 Å². The van der Waals surface area contributed by atoms with Gasteiger partial charge in [-0.15, -0.1) is 0 Å². The first-order valence-corrected chi connectivity index (χ1v) is 7.81. The van der Waals surface area contributed by atoms with E-state index in [1.165, 1.54) is 12.1 Å². The van der Waals surface area contributed by atoms with Crippen molar-refractivity contribution < 1.29 is 8.78 Å². The first-order chi connectivity index (χ1) is 10.0. The fourth-order valence-corrected chi connectivity index (χ4v) is 2.65. The van der Waals surface area contributed by atoms with Gasteiger partial charge in [0.2, 0.25) is 0 Å². The molecule has 1 atom stereocenters. The molecule has 0 saturated carbocycles. The fraction of sp³-hybridized carbons (Fsp3) is 0.250. The Morgan fingerprint density at radius 2 is 2.00 bits per heavy atom. The molecule has 1 nitrogen and oxygen atoms in total. The van der Waals surface area contributed by atoms with E-state index in [-0.39, 0.29) is 16.9 Å². The first-order valence-electron chi connectivity index (χ1n) is 6.64. The Morgan fingerprint density at radius 3 is 2.67 bits per heavy atom. The summed E-state index contributed by atoms with van der Waals surface area (Å²) in [5, 5.41) is 3.35. The Bertz CT molecular complexity index is 634. The van der Waals surface area contributed by atoms with E-state index in [4.69, 9.17) is 11.6 Å². The number of halogens is 4. The van der Waals surface area contributed by atoms with E-state index in [2.05, 4.69) is 21.2 Å². The highest BCUT2D eigenvalue weighted by atomic mass is 79.9. The Morgan fingerprint density at radius 1 is 1.24 bits per heavy atom. The molecule has 5 heteroatoms. The summed E-state index contributed by atoms with van der Waals surface area (Å²) in [5.41, 5.74) is 1.29. The number of benzene rings is 2. The van der Waals surface area contributed by atoms with Gasteiger partial charge in [-0.05, 0) is 58.2 Å². The molecule has 0 aliphatic carbocycles. The van der Waals surface area contributed by atoms with Crippen LogP contribution in [-0.4, -0.2) is 6.54 Å². The SMILES string of the molecule is CCNC(Cc1cccc(Cl)c1F)c1ccc(Br)c(F)c1. The molecule has 1 unspecified atom stereocenters. The number of nitrogens with one attached hydrogen (secondary N) is 1. The van der Waals surface area contributed by atoms with Crippen LogP contribution in [0.5, 0.6) is 0 Å². The minimum absolute atomic E-state index is 0.102. The number of hydrogen-bond acceptors (Lipinski definition) is 1. The molecule has 0 heterocycles. The first kappa shape index (κ1) is 16.4. The Balaban J connectivity index is 2.30. The van der Waals surface area contributed by atoms with Crippen LogP contribution in [0.1, 0.15) is 24.1 Å². The van der Waals surface area contributed by atoms with Gasteiger partial charge < -0.3 is 5.32 Å². The van der Waals surface area contributed by atoms with E-state index >= 15 is 0 Å². The molecule has 0 spiro atoms. The molecule has 0 aliphatic heterocycles. The van der Waals surface area contributed by atoms with E-state index in [0.717, 1.165) is 5.56 Å². The summed E-state index contributed by atoms with van der Waals surface area (Å²) >= 11 is 8.94. The van der Waals surface area contributed by atoms with Crippen molar-refractivity contribution in [3.8, 4) is 0 Å². The Hall–Kier alpha value is -0.970. The molecule has 0 fully saturated rings. The minimum atomic E-state index is -0.417. The molecule has 0 radical (unpaired) electrons. The van der Waals surface area contributed by atoms with Crippen LogP contribution in [0, 0.1) is 11.6 Å². The molecule has 1 N–H and O–H groups in total. The lowest BCUT2D eigenvalue weighted by Gasteiger charge is -2.19. The van der Waals surface area contributed by atoms with Crippen molar-refractivity contribution in [2.24, 2.45) is 0 Å². The standard InChI is InChI=1S/C16H15BrClF2N/c1-2-21-15(10-6-7-12(17)14(19)8-10)9-11-4-3-5-13(18)16(11)20/h3-8,15,21H,2,9H2,1H3. The zero-order chi connectivity index (χ0) is 15.4. The average Bonchev–Trinajstić information content (AvgIpc) is 2.46. The van der Waals surface area contributed by atoms with Gasteiger partial charge >= 0.3 is 0 Å². The van der Waals surface area contributed by atoms with E-state index in [9.17, 15) is 8.78 Å². The summed E-state index contributed by atoms with van der Waals surface area (Å²) in [6, 6.07) is 9.69. The lowest BCUT2D eigenvalue weighted by Crippen LogP contribution is -2.23. The van der Waals surface area contributed by atoms with Crippen LogP contribution < -0.4 is 5.32 Å². The van der Waals surface area contributed by atoms with Crippen molar-refractivity contribution in [2.45, 2.75) is 19.4 Å². The van der Waals surface area contributed by atoms with E-state index in [1.54, 1.807) is 18.2 Å². The van der Waals surface area contributed by atoms with Gasteiger partial charge in [0.15, 0.2) is 0 Å². The molecular formula is C16H15BrClF2N. The van der Waals surface area contributed by atoms with Gasteiger partial charge in [-0.3, -0.25) is 0 Å². The predicted octanol–water partition coefficient (Wildman–Crippen LogP) is 5.27. The van der Waals surface area contributed by atoms with Crippen LogP contribution in [0.25, 0.3) is 0 Å². The van der Waals surface area contributed by atoms with E-state index in [1.807, 2.05) is 13.0 Å². The largest absolute Gasteiger partial charge is 0.310 e. The highest BCUT2D eigenvalue weighted by Gasteiger charge is 2.16. The molecular weight excluding hydrogens is 360 g/mol.